The molecule has 3 rings (SSSR count). The highest BCUT2D eigenvalue weighted by Crippen LogP contribution is 2.33. The van der Waals surface area contributed by atoms with Crippen LogP contribution >= 0.6 is 0 Å². The summed E-state index contributed by atoms with van der Waals surface area (Å²) in [5.41, 5.74) is 1.31. The number of aromatic nitrogens is 1. The van der Waals surface area contributed by atoms with E-state index >= 15 is 0 Å². The average Bonchev–Trinajstić information content (AvgIpc) is 3.27. The molecule has 24 heavy (non-hydrogen) atoms. The van der Waals surface area contributed by atoms with Crippen molar-refractivity contribution in [2.75, 3.05) is 5.75 Å². The number of nitriles is 1. The van der Waals surface area contributed by atoms with E-state index in [2.05, 4.69) is 4.72 Å². The predicted molar refractivity (Wildman–Crippen MR) is 90.8 cm³/mol. The largest absolute Gasteiger partial charge is 0.336 e. The minimum atomic E-state index is -3.73. The van der Waals surface area contributed by atoms with Gasteiger partial charge in [-0.05, 0) is 37.3 Å². The van der Waals surface area contributed by atoms with Crippen molar-refractivity contribution in [3.8, 4) is 6.07 Å². The Kier molecular flexibility index (Phi) is 4.58. The third kappa shape index (κ3) is 3.77. The van der Waals surface area contributed by atoms with Gasteiger partial charge in [-0.15, -0.1) is 0 Å². The number of hydrogen-bond acceptors (Lipinski definition) is 4. The van der Waals surface area contributed by atoms with Crippen LogP contribution in [0.15, 0.2) is 30.3 Å². The van der Waals surface area contributed by atoms with Gasteiger partial charge in [0.2, 0.25) is 10.0 Å². The molecule has 1 heterocycles. The maximum atomic E-state index is 12.5. The number of rotatable bonds is 7. The number of nitrogens with one attached hydrogen (secondary N) is 1. The summed E-state index contributed by atoms with van der Waals surface area (Å²) < 4.78 is 28.0. The Morgan fingerprint density at radius 2 is 2.08 bits per heavy atom. The minimum Gasteiger partial charge on any atom is -0.336 e. The van der Waals surface area contributed by atoms with E-state index in [0.717, 1.165) is 30.3 Å². The summed E-state index contributed by atoms with van der Waals surface area (Å²) in [5, 5.41) is 9.42. The molecule has 0 saturated heterocycles. The van der Waals surface area contributed by atoms with Crippen LogP contribution in [0.5, 0.6) is 0 Å². The van der Waals surface area contributed by atoms with E-state index in [0.29, 0.717) is 11.6 Å². The third-order valence-electron chi connectivity index (χ3n) is 4.13. The Balaban J connectivity index is 1.85. The molecule has 1 aromatic heterocycles. The number of para-hydroxylation sites is 1. The Morgan fingerprint density at radius 1 is 1.33 bits per heavy atom. The maximum Gasteiger partial charge on any atom is 0.281 e. The Morgan fingerprint density at radius 3 is 2.79 bits per heavy atom. The number of carbonyl (C=O) groups is 1. The molecule has 1 amide bonds. The smallest absolute Gasteiger partial charge is 0.281 e. The first kappa shape index (κ1) is 16.5. The second-order valence-corrected chi connectivity index (χ2v) is 8.00. The first-order valence-electron chi connectivity index (χ1n) is 8.00. The van der Waals surface area contributed by atoms with Gasteiger partial charge in [0, 0.05) is 23.9 Å². The van der Waals surface area contributed by atoms with Crippen molar-refractivity contribution in [3.05, 3.63) is 36.0 Å². The molecule has 1 aliphatic rings. The van der Waals surface area contributed by atoms with Gasteiger partial charge in [-0.3, -0.25) is 4.79 Å². The zero-order valence-electron chi connectivity index (χ0n) is 13.2. The molecule has 1 N–H and O–H groups in total. The van der Waals surface area contributed by atoms with Gasteiger partial charge in [-0.1, -0.05) is 18.2 Å². The lowest BCUT2D eigenvalue weighted by Gasteiger charge is -2.11. The predicted octanol–water partition coefficient (Wildman–Crippen LogP) is 2.41. The normalized spacial score (nSPS) is 14.5. The molecule has 6 nitrogen and oxygen atoms in total. The SMILES string of the molecule is N#CCCCS(=O)(=O)NC(=O)c1cc2ccccc2n1CC1CC1. The van der Waals surface area contributed by atoms with Crippen LogP contribution in [0.3, 0.4) is 0 Å². The first-order chi connectivity index (χ1) is 11.5. The standard InChI is InChI=1S/C17H19N3O3S/c18-9-3-4-10-24(22,23)19-17(21)16-11-14-5-1-2-6-15(14)20(16)12-13-7-8-13/h1-2,5-6,11,13H,3-4,7-8,10,12H2,(H,19,21). The molecule has 1 aromatic carbocycles. The summed E-state index contributed by atoms with van der Waals surface area (Å²) in [5.74, 6) is -0.279. The lowest BCUT2D eigenvalue weighted by Crippen LogP contribution is -2.34. The lowest BCUT2D eigenvalue weighted by atomic mass is 10.2. The zero-order valence-corrected chi connectivity index (χ0v) is 14.1. The number of amides is 1. The van der Waals surface area contributed by atoms with E-state index in [1.54, 1.807) is 6.07 Å². The van der Waals surface area contributed by atoms with Crippen LogP contribution in [0, 0.1) is 17.2 Å². The van der Waals surface area contributed by atoms with Gasteiger partial charge >= 0.3 is 0 Å². The van der Waals surface area contributed by atoms with Crippen LogP contribution in [-0.4, -0.2) is 24.6 Å². The number of nitrogens with zero attached hydrogens (tertiary/aromatic N) is 2. The summed E-state index contributed by atoms with van der Waals surface area (Å²) >= 11 is 0. The molecular weight excluding hydrogens is 326 g/mol. The van der Waals surface area contributed by atoms with Crippen molar-refractivity contribution in [2.45, 2.75) is 32.2 Å². The summed E-state index contributed by atoms with van der Waals surface area (Å²) in [6.45, 7) is 0.727. The lowest BCUT2D eigenvalue weighted by molar-refractivity contribution is 0.0972. The first-order valence-corrected chi connectivity index (χ1v) is 9.65. The van der Waals surface area contributed by atoms with Crippen molar-refractivity contribution in [2.24, 2.45) is 5.92 Å². The molecule has 2 aromatic rings. The highest BCUT2D eigenvalue weighted by molar-refractivity contribution is 7.90. The molecule has 1 fully saturated rings. The van der Waals surface area contributed by atoms with Crippen molar-refractivity contribution in [3.63, 3.8) is 0 Å². The number of fused-ring (bicyclic) bond motifs is 1. The van der Waals surface area contributed by atoms with E-state index in [1.165, 1.54) is 0 Å². The highest BCUT2D eigenvalue weighted by atomic mass is 32.2. The number of hydrogen-bond donors (Lipinski definition) is 1. The Bertz CT molecular complexity index is 905. The second-order valence-electron chi connectivity index (χ2n) is 6.15. The van der Waals surface area contributed by atoms with E-state index < -0.39 is 15.9 Å². The minimum absolute atomic E-state index is 0.150. The Hall–Kier alpha value is -2.33. The van der Waals surface area contributed by atoms with Gasteiger partial charge in [-0.25, -0.2) is 13.1 Å². The molecule has 126 valence electrons. The fourth-order valence-corrected chi connectivity index (χ4v) is 3.75. The van der Waals surface area contributed by atoms with Gasteiger partial charge in [0.05, 0.1) is 11.8 Å². The molecule has 0 aliphatic heterocycles. The van der Waals surface area contributed by atoms with Crippen LogP contribution in [0.4, 0.5) is 0 Å². The van der Waals surface area contributed by atoms with Crippen molar-refractivity contribution >= 4 is 26.8 Å². The molecule has 0 spiro atoms. The molecule has 0 atom stereocenters. The topological polar surface area (TPSA) is 92.0 Å². The van der Waals surface area contributed by atoms with Crippen LogP contribution < -0.4 is 4.72 Å². The molecule has 7 heteroatoms. The van der Waals surface area contributed by atoms with Gasteiger partial charge < -0.3 is 4.57 Å². The summed E-state index contributed by atoms with van der Waals surface area (Å²) in [4.78, 5) is 12.5. The van der Waals surface area contributed by atoms with E-state index in [1.807, 2.05) is 34.9 Å². The zero-order chi connectivity index (χ0) is 17.2. The monoisotopic (exact) mass is 345 g/mol. The van der Waals surface area contributed by atoms with Crippen molar-refractivity contribution in [1.82, 2.24) is 9.29 Å². The number of unbranched alkanes of at least 4 members (excludes halogenated alkanes) is 1. The quantitative estimate of drug-likeness (QED) is 0.780. The molecule has 0 bridgehead atoms. The number of sulfonamides is 1. The summed E-state index contributed by atoms with van der Waals surface area (Å²) in [7, 11) is -3.73. The summed E-state index contributed by atoms with van der Waals surface area (Å²) in [6.07, 6.45) is 2.64. The van der Waals surface area contributed by atoms with Crippen LogP contribution in [0.25, 0.3) is 10.9 Å². The van der Waals surface area contributed by atoms with Gasteiger partial charge in [0.25, 0.3) is 5.91 Å². The number of carbonyl (C=O) groups excluding carboxylic acids is 1. The van der Waals surface area contributed by atoms with Crippen molar-refractivity contribution in [1.29, 1.82) is 5.26 Å². The van der Waals surface area contributed by atoms with Crippen LogP contribution in [0.2, 0.25) is 0 Å². The van der Waals surface area contributed by atoms with Crippen LogP contribution in [0.1, 0.15) is 36.2 Å². The third-order valence-corrected chi connectivity index (χ3v) is 5.45. The second kappa shape index (κ2) is 6.65. The van der Waals surface area contributed by atoms with Gasteiger partial charge in [0.15, 0.2) is 0 Å². The molecular formula is C17H19N3O3S. The highest BCUT2D eigenvalue weighted by Gasteiger charge is 2.26. The Labute approximate surface area is 141 Å². The maximum absolute atomic E-state index is 12.5. The molecule has 1 saturated carbocycles. The molecule has 1 aliphatic carbocycles. The van der Waals surface area contributed by atoms with Gasteiger partial charge in [-0.2, -0.15) is 5.26 Å². The van der Waals surface area contributed by atoms with Gasteiger partial charge in [0.1, 0.15) is 5.69 Å². The van der Waals surface area contributed by atoms with E-state index in [9.17, 15) is 13.2 Å². The fourth-order valence-electron chi connectivity index (χ4n) is 2.74. The van der Waals surface area contributed by atoms with Crippen molar-refractivity contribution < 1.29 is 13.2 Å². The van der Waals surface area contributed by atoms with E-state index in [4.69, 9.17) is 5.26 Å². The number of benzene rings is 1. The average molecular weight is 345 g/mol. The van der Waals surface area contributed by atoms with Crippen LogP contribution in [-0.2, 0) is 16.6 Å². The summed E-state index contributed by atoms with van der Waals surface area (Å²) in [6, 6.07) is 11.3. The molecule has 0 unspecified atom stereocenters. The molecule has 0 radical (unpaired) electrons. The fraction of sp³-hybridized carbons (Fsp3) is 0.412. The van der Waals surface area contributed by atoms with E-state index in [-0.39, 0.29) is 18.6 Å².